The van der Waals surface area contributed by atoms with Crippen molar-refractivity contribution in [3.63, 3.8) is 0 Å². The van der Waals surface area contributed by atoms with Crippen LogP contribution >= 0.6 is 0 Å². The second-order valence-electron chi connectivity index (χ2n) is 9.87. The van der Waals surface area contributed by atoms with Crippen molar-refractivity contribution >= 4 is 34.0 Å². The van der Waals surface area contributed by atoms with Gasteiger partial charge in [0.2, 0.25) is 5.70 Å². The molecule has 0 aliphatic carbocycles. The molecule has 0 bridgehead atoms. The van der Waals surface area contributed by atoms with Crippen molar-refractivity contribution < 1.29 is 18.8 Å². The number of hydrogen-bond donors (Lipinski definition) is 1. The Kier molecular flexibility index (Phi) is 8.50. The largest absolute Gasteiger partial charge is 0.492 e. The second-order valence-corrected chi connectivity index (χ2v) is 9.87. The molecule has 0 unspecified atom stereocenters. The molecule has 1 N–H and O–H groups in total. The average Bonchev–Trinajstić information content (AvgIpc) is 2.97. The molecule has 3 heterocycles. The van der Waals surface area contributed by atoms with Crippen LogP contribution in [-0.2, 0) is 11.3 Å². The molecule has 0 saturated heterocycles. The van der Waals surface area contributed by atoms with Gasteiger partial charge in [0.15, 0.2) is 5.71 Å². The van der Waals surface area contributed by atoms with E-state index in [1.54, 1.807) is 6.20 Å². The molecule has 0 atom stereocenters. The van der Waals surface area contributed by atoms with E-state index in [1.807, 2.05) is 49.4 Å². The highest BCUT2D eigenvalue weighted by molar-refractivity contribution is 6.32. The molecular weight excluding hydrogens is 500 g/mol. The van der Waals surface area contributed by atoms with Gasteiger partial charge in [0.05, 0.1) is 18.3 Å². The fourth-order valence-corrected chi connectivity index (χ4v) is 4.97. The molecule has 0 radical (unpaired) electrons. The summed E-state index contributed by atoms with van der Waals surface area (Å²) in [7, 11) is 2.11. The van der Waals surface area contributed by atoms with Crippen molar-refractivity contribution in [2.45, 2.75) is 39.7 Å². The number of carbonyl (C=O) groups is 1. The van der Waals surface area contributed by atoms with Crippen LogP contribution in [0, 0.1) is 6.92 Å². The molecular formula is C33H35N4O3+. The van der Waals surface area contributed by atoms with Crippen LogP contribution in [0.15, 0.2) is 79.0 Å². The normalized spacial score (nSPS) is 12.9. The highest BCUT2D eigenvalue weighted by Gasteiger charge is 2.38. The molecule has 0 spiro atoms. The van der Waals surface area contributed by atoms with Crippen molar-refractivity contribution in [2.24, 2.45) is 0 Å². The molecule has 7 nitrogen and oxygen atoms in total. The lowest BCUT2D eigenvalue weighted by Gasteiger charge is -2.21. The number of rotatable bonds is 11. The van der Waals surface area contributed by atoms with Gasteiger partial charge in [-0.05, 0) is 61.2 Å². The number of fused-ring (bicyclic) bond motifs is 1. The van der Waals surface area contributed by atoms with Crippen molar-refractivity contribution in [3.05, 3.63) is 102 Å². The van der Waals surface area contributed by atoms with Gasteiger partial charge < -0.3 is 14.8 Å². The molecule has 0 fully saturated rings. The van der Waals surface area contributed by atoms with Crippen LogP contribution in [0.25, 0.3) is 22.2 Å². The predicted octanol–water partition coefficient (Wildman–Crippen LogP) is 6.40. The number of aromatic nitrogens is 2. The van der Waals surface area contributed by atoms with Crippen LogP contribution in [-0.4, -0.2) is 46.5 Å². The summed E-state index contributed by atoms with van der Waals surface area (Å²) in [5.41, 5.74) is 8.74. The van der Waals surface area contributed by atoms with Crippen LogP contribution in [0.2, 0.25) is 0 Å². The first kappa shape index (κ1) is 27.1. The molecule has 1 aliphatic heterocycles. The SMILES string of the molecule is CCC1=[N+](C)C(c2cccc(C)n2)=C1c1ccc2ncc(OCCCCNC(=O)OCc3ccccc3)cc2c1. The van der Waals surface area contributed by atoms with Crippen molar-refractivity contribution in [3.8, 4) is 5.75 Å². The van der Waals surface area contributed by atoms with E-state index in [1.165, 1.54) is 11.3 Å². The summed E-state index contributed by atoms with van der Waals surface area (Å²) in [6.45, 7) is 5.55. The zero-order valence-electron chi connectivity index (χ0n) is 23.3. The van der Waals surface area contributed by atoms with E-state index in [-0.39, 0.29) is 6.61 Å². The molecule has 0 saturated carbocycles. The van der Waals surface area contributed by atoms with E-state index >= 15 is 0 Å². The number of allylic oxidation sites excluding steroid dienone is 1. The van der Waals surface area contributed by atoms with Crippen LogP contribution in [0.5, 0.6) is 5.75 Å². The quantitative estimate of drug-likeness (QED) is 0.178. The van der Waals surface area contributed by atoms with Gasteiger partial charge in [0.1, 0.15) is 30.7 Å². The van der Waals surface area contributed by atoms with Gasteiger partial charge in [-0.1, -0.05) is 49.4 Å². The molecule has 1 aliphatic rings. The third kappa shape index (κ3) is 6.20. The Morgan fingerprint density at radius 2 is 1.85 bits per heavy atom. The Hall–Kier alpha value is -4.52. The molecule has 1 amide bonds. The summed E-state index contributed by atoms with van der Waals surface area (Å²) in [5, 5.41) is 3.82. The summed E-state index contributed by atoms with van der Waals surface area (Å²) in [6.07, 6.45) is 3.90. The first-order valence-corrected chi connectivity index (χ1v) is 13.8. The molecule has 7 heteroatoms. The van der Waals surface area contributed by atoms with Crippen LogP contribution in [0.1, 0.15) is 48.7 Å². The topological polar surface area (TPSA) is 76.4 Å². The minimum atomic E-state index is -0.406. The number of amides is 1. The number of ether oxygens (including phenoxy) is 2. The van der Waals surface area contributed by atoms with Gasteiger partial charge in [0, 0.05) is 24.0 Å². The van der Waals surface area contributed by atoms with Gasteiger partial charge in [0.25, 0.3) is 0 Å². The van der Waals surface area contributed by atoms with E-state index in [0.717, 1.165) is 64.1 Å². The number of unbranched alkanes of at least 4 members (excludes halogenated alkanes) is 1. The van der Waals surface area contributed by atoms with E-state index in [9.17, 15) is 4.79 Å². The Morgan fingerprint density at radius 3 is 2.65 bits per heavy atom. The number of carbonyl (C=O) groups excluding carboxylic acids is 1. The van der Waals surface area contributed by atoms with Crippen LogP contribution in [0.3, 0.4) is 0 Å². The maximum atomic E-state index is 11.9. The lowest BCUT2D eigenvalue weighted by atomic mass is 9.89. The second kappa shape index (κ2) is 12.6. The summed E-state index contributed by atoms with van der Waals surface area (Å²) in [4.78, 5) is 21.3. The summed E-state index contributed by atoms with van der Waals surface area (Å²) < 4.78 is 13.5. The number of aryl methyl sites for hydroxylation is 1. The number of nitrogens with zero attached hydrogens (tertiary/aromatic N) is 3. The smallest absolute Gasteiger partial charge is 0.407 e. The number of benzene rings is 2. The molecule has 40 heavy (non-hydrogen) atoms. The maximum absolute atomic E-state index is 11.9. The highest BCUT2D eigenvalue weighted by atomic mass is 16.5. The van der Waals surface area contributed by atoms with Gasteiger partial charge in [-0.2, -0.15) is 4.58 Å². The Balaban J connectivity index is 1.17. The van der Waals surface area contributed by atoms with E-state index in [4.69, 9.17) is 14.5 Å². The summed E-state index contributed by atoms with van der Waals surface area (Å²) >= 11 is 0. The molecule has 204 valence electrons. The van der Waals surface area contributed by atoms with Gasteiger partial charge in [-0.3, -0.25) is 4.98 Å². The lowest BCUT2D eigenvalue weighted by molar-refractivity contribution is -0.404. The Morgan fingerprint density at radius 1 is 1.00 bits per heavy atom. The summed E-state index contributed by atoms with van der Waals surface area (Å²) in [6, 6.07) is 24.2. The molecule has 5 rings (SSSR count). The molecule has 2 aromatic carbocycles. The Labute approximate surface area is 235 Å². The van der Waals surface area contributed by atoms with E-state index < -0.39 is 6.09 Å². The van der Waals surface area contributed by atoms with E-state index in [2.05, 4.69) is 59.2 Å². The monoisotopic (exact) mass is 535 g/mol. The first-order valence-electron chi connectivity index (χ1n) is 13.8. The number of hydrogen-bond acceptors (Lipinski definition) is 5. The number of nitrogens with one attached hydrogen (secondary N) is 1. The fourth-order valence-electron chi connectivity index (χ4n) is 4.97. The van der Waals surface area contributed by atoms with Crippen molar-refractivity contribution in [1.82, 2.24) is 15.3 Å². The number of pyridine rings is 2. The third-order valence-electron chi connectivity index (χ3n) is 7.00. The minimum Gasteiger partial charge on any atom is -0.492 e. The number of alkyl carbamates (subject to hydrolysis) is 1. The Bertz CT molecular complexity index is 1580. The van der Waals surface area contributed by atoms with Crippen LogP contribution < -0.4 is 10.1 Å². The zero-order valence-corrected chi connectivity index (χ0v) is 23.3. The van der Waals surface area contributed by atoms with E-state index in [0.29, 0.717) is 13.2 Å². The first-order chi connectivity index (χ1) is 19.5. The van der Waals surface area contributed by atoms with Gasteiger partial charge in [-0.25, -0.2) is 9.78 Å². The predicted molar refractivity (Wildman–Crippen MR) is 158 cm³/mol. The molecule has 4 aromatic rings. The lowest BCUT2D eigenvalue weighted by Crippen LogP contribution is -2.29. The van der Waals surface area contributed by atoms with Crippen molar-refractivity contribution in [1.29, 1.82) is 0 Å². The van der Waals surface area contributed by atoms with Gasteiger partial charge in [-0.15, -0.1) is 0 Å². The average molecular weight is 536 g/mol. The highest BCUT2D eigenvalue weighted by Crippen LogP contribution is 2.37. The zero-order chi connectivity index (χ0) is 27.9. The molecule has 2 aromatic heterocycles. The summed E-state index contributed by atoms with van der Waals surface area (Å²) in [5.74, 6) is 0.736. The van der Waals surface area contributed by atoms with Crippen molar-refractivity contribution in [2.75, 3.05) is 20.2 Å². The van der Waals surface area contributed by atoms with Gasteiger partial charge >= 0.3 is 6.09 Å². The maximum Gasteiger partial charge on any atom is 0.407 e. The fraction of sp³-hybridized carbons (Fsp3) is 0.273. The minimum absolute atomic E-state index is 0.266. The standard InChI is InChI=1S/C33H34N4O3/c1-4-30-31(32(37(30)3)29-14-10-11-23(2)36-29)25-15-16-28-26(19-25)20-27(21-35-28)39-18-9-8-17-34-33(38)40-22-24-12-6-5-7-13-24/h5-7,10-16,19-21H,4,8-9,17-18,22H2,1-3H3/p+1. The van der Waals surface area contributed by atoms with Crippen LogP contribution in [0.4, 0.5) is 4.79 Å². The third-order valence-corrected chi connectivity index (χ3v) is 7.00.